The molecule has 0 amide bonds. The second-order valence-corrected chi connectivity index (χ2v) is 9.52. The average molecular weight is 465 g/mol. The van der Waals surface area contributed by atoms with Crippen LogP contribution in [0.4, 0.5) is 0 Å². The van der Waals surface area contributed by atoms with Crippen LogP contribution in [0.15, 0.2) is 77.7 Å². The normalized spacial score (nSPS) is 12.7. The molecule has 158 valence electrons. The summed E-state index contributed by atoms with van der Waals surface area (Å²) in [5.74, 6) is 1.23. The van der Waals surface area contributed by atoms with Gasteiger partial charge in [0.15, 0.2) is 0 Å². The molecule has 30 heavy (non-hydrogen) atoms. The van der Waals surface area contributed by atoms with Crippen LogP contribution in [0.25, 0.3) is 0 Å². The predicted molar refractivity (Wildman–Crippen MR) is 121 cm³/mol. The van der Waals surface area contributed by atoms with E-state index in [-0.39, 0.29) is 4.90 Å². The lowest BCUT2D eigenvalue weighted by Gasteiger charge is -2.23. The van der Waals surface area contributed by atoms with Gasteiger partial charge in [-0.2, -0.15) is 0 Å². The largest absolute Gasteiger partial charge is 0.457 e. The summed E-state index contributed by atoms with van der Waals surface area (Å²) in [6.07, 6.45) is 0. The summed E-state index contributed by atoms with van der Waals surface area (Å²) in [5, 5.41) is 0.792. The van der Waals surface area contributed by atoms with Gasteiger partial charge in [-0.25, -0.2) is 13.1 Å². The molecule has 0 saturated carbocycles. The number of rotatable bonds is 8. The molecule has 5 nitrogen and oxygen atoms in total. The molecule has 1 N–H and O–H groups in total. The monoisotopic (exact) mass is 464 g/mol. The maximum Gasteiger partial charge on any atom is 0.241 e. The van der Waals surface area contributed by atoms with Crippen LogP contribution >= 0.6 is 23.2 Å². The topological polar surface area (TPSA) is 58.6 Å². The number of likely N-dealkylation sites (N-methyl/N-ethyl adjacent to an activating group) is 1. The lowest BCUT2D eigenvalue weighted by Crippen LogP contribution is -2.35. The van der Waals surface area contributed by atoms with Gasteiger partial charge in [-0.3, -0.25) is 0 Å². The van der Waals surface area contributed by atoms with Crippen molar-refractivity contribution in [3.8, 4) is 11.5 Å². The smallest absolute Gasteiger partial charge is 0.241 e. The lowest BCUT2D eigenvalue weighted by atomic mass is 10.1. The quantitative estimate of drug-likeness (QED) is 0.486. The van der Waals surface area contributed by atoms with Gasteiger partial charge in [0.25, 0.3) is 0 Å². The summed E-state index contributed by atoms with van der Waals surface area (Å²) in [4.78, 5) is 2.04. The van der Waals surface area contributed by atoms with Crippen molar-refractivity contribution in [2.45, 2.75) is 10.9 Å². The Morgan fingerprint density at radius 1 is 0.900 bits per heavy atom. The Balaban J connectivity index is 1.80. The standard InChI is InChI=1S/C22H22Cl2N2O3S/c1-26(2)15-22(16-8-13-20(23)21(24)14-16)25-30(27,28)19-11-9-18(10-12-19)29-17-6-4-3-5-7-17/h3-14,22,25H,15H2,1-2H3/t22-/m0/s1. The van der Waals surface area contributed by atoms with Crippen LogP contribution in [0.3, 0.4) is 0 Å². The van der Waals surface area contributed by atoms with Crippen LogP contribution < -0.4 is 9.46 Å². The summed E-state index contributed by atoms with van der Waals surface area (Å²) in [5.41, 5.74) is 0.728. The molecule has 3 aromatic carbocycles. The second-order valence-electron chi connectivity index (χ2n) is 7.00. The van der Waals surface area contributed by atoms with E-state index in [1.54, 1.807) is 30.3 Å². The number of nitrogens with zero attached hydrogens (tertiary/aromatic N) is 1. The second kappa shape index (κ2) is 9.81. The van der Waals surface area contributed by atoms with Crippen molar-refractivity contribution in [1.82, 2.24) is 9.62 Å². The molecule has 0 radical (unpaired) electrons. The Morgan fingerprint density at radius 2 is 1.53 bits per heavy atom. The van der Waals surface area contributed by atoms with Gasteiger partial charge < -0.3 is 9.64 Å². The number of nitrogens with one attached hydrogen (secondary N) is 1. The highest BCUT2D eigenvalue weighted by Gasteiger charge is 2.23. The fourth-order valence-corrected chi connectivity index (χ4v) is 4.39. The zero-order valence-corrected chi connectivity index (χ0v) is 18.9. The Labute approximate surface area is 187 Å². The van der Waals surface area contributed by atoms with Crippen LogP contribution in [0, 0.1) is 0 Å². The number of ether oxygens (including phenoxy) is 1. The average Bonchev–Trinajstić information content (AvgIpc) is 2.70. The summed E-state index contributed by atoms with van der Waals surface area (Å²) in [6.45, 7) is 0.451. The fraction of sp³-hybridized carbons (Fsp3) is 0.182. The Morgan fingerprint density at radius 3 is 2.13 bits per heavy atom. The number of para-hydroxylation sites is 1. The van der Waals surface area contributed by atoms with Gasteiger partial charge >= 0.3 is 0 Å². The van der Waals surface area contributed by atoms with E-state index in [0.29, 0.717) is 28.1 Å². The Bertz CT molecular complexity index is 1090. The first-order chi connectivity index (χ1) is 14.2. The van der Waals surface area contributed by atoms with Gasteiger partial charge in [-0.05, 0) is 68.2 Å². The van der Waals surface area contributed by atoms with Crippen LogP contribution in [-0.2, 0) is 10.0 Å². The minimum absolute atomic E-state index is 0.145. The molecule has 0 spiro atoms. The van der Waals surface area contributed by atoms with Crippen LogP contribution in [0.5, 0.6) is 11.5 Å². The van der Waals surface area contributed by atoms with Gasteiger partial charge in [0.1, 0.15) is 11.5 Å². The van der Waals surface area contributed by atoms with E-state index >= 15 is 0 Å². The molecule has 1 atom stereocenters. The van der Waals surface area contributed by atoms with E-state index in [1.807, 2.05) is 49.3 Å². The van der Waals surface area contributed by atoms with Crippen molar-refractivity contribution < 1.29 is 13.2 Å². The Hall–Kier alpha value is -2.09. The van der Waals surface area contributed by atoms with Crippen molar-refractivity contribution >= 4 is 33.2 Å². The highest BCUT2D eigenvalue weighted by atomic mass is 35.5. The molecule has 0 aromatic heterocycles. The van der Waals surface area contributed by atoms with E-state index in [1.165, 1.54) is 12.1 Å². The van der Waals surface area contributed by atoms with E-state index in [2.05, 4.69) is 4.72 Å². The SMILES string of the molecule is CN(C)C[C@H](NS(=O)(=O)c1ccc(Oc2ccccc2)cc1)c1ccc(Cl)c(Cl)c1. The lowest BCUT2D eigenvalue weighted by molar-refractivity contribution is 0.363. The van der Waals surface area contributed by atoms with Crippen molar-refractivity contribution in [2.75, 3.05) is 20.6 Å². The summed E-state index contributed by atoms with van der Waals surface area (Å²) < 4.78 is 34.5. The van der Waals surface area contributed by atoms with E-state index in [4.69, 9.17) is 27.9 Å². The van der Waals surface area contributed by atoms with Crippen molar-refractivity contribution in [1.29, 1.82) is 0 Å². The van der Waals surface area contributed by atoms with Gasteiger partial charge in [0.05, 0.1) is 21.0 Å². The van der Waals surface area contributed by atoms with Crippen molar-refractivity contribution in [3.05, 3.63) is 88.4 Å². The molecule has 0 aliphatic rings. The highest BCUT2D eigenvalue weighted by Crippen LogP contribution is 2.28. The molecule has 3 aromatic rings. The van der Waals surface area contributed by atoms with E-state index in [9.17, 15) is 8.42 Å². The Kier molecular flexibility index (Phi) is 7.39. The molecule has 0 unspecified atom stereocenters. The predicted octanol–water partition coefficient (Wildman–Crippen LogP) is 5.37. The third-order valence-electron chi connectivity index (χ3n) is 4.30. The summed E-state index contributed by atoms with van der Waals surface area (Å²) >= 11 is 12.1. The molecule has 0 saturated heterocycles. The molecule has 0 heterocycles. The third kappa shape index (κ3) is 5.97. The number of sulfonamides is 1. The van der Waals surface area contributed by atoms with Crippen molar-refractivity contribution in [3.63, 3.8) is 0 Å². The third-order valence-corrected chi connectivity index (χ3v) is 6.53. The molecule has 8 heteroatoms. The van der Waals surface area contributed by atoms with Crippen LogP contribution in [0.1, 0.15) is 11.6 Å². The first-order valence-corrected chi connectivity index (χ1v) is 11.4. The molecule has 0 fully saturated rings. The maximum atomic E-state index is 13.0. The van der Waals surface area contributed by atoms with Crippen LogP contribution in [0.2, 0.25) is 10.0 Å². The van der Waals surface area contributed by atoms with E-state index in [0.717, 1.165) is 5.56 Å². The molecule has 0 bridgehead atoms. The zero-order chi connectivity index (χ0) is 21.7. The number of hydrogen-bond acceptors (Lipinski definition) is 4. The summed E-state index contributed by atoms with van der Waals surface area (Å²) in [6, 6.07) is 20.2. The minimum Gasteiger partial charge on any atom is -0.457 e. The van der Waals surface area contributed by atoms with Crippen LogP contribution in [-0.4, -0.2) is 34.0 Å². The highest BCUT2D eigenvalue weighted by molar-refractivity contribution is 7.89. The van der Waals surface area contributed by atoms with Gasteiger partial charge in [0.2, 0.25) is 10.0 Å². The fourth-order valence-electron chi connectivity index (χ4n) is 2.87. The molecule has 3 rings (SSSR count). The number of halogens is 2. The van der Waals surface area contributed by atoms with E-state index < -0.39 is 16.1 Å². The molecule has 0 aliphatic carbocycles. The van der Waals surface area contributed by atoms with Gasteiger partial charge in [-0.1, -0.05) is 47.5 Å². The number of benzene rings is 3. The number of hydrogen-bond donors (Lipinski definition) is 1. The first kappa shape index (κ1) is 22.6. The van der Waals surface area contributed by atoms with Gasteiger partial charge in [-0.15, -0.1) is 0 Å². The molecule has 0 aliphatic heterocycles. The van der Waals surface area contributed by atoms with Gasteiger partial charge in [0, 0.05) is 6.54 Å². The maximum absolute atomic E-state index is 13.0. The minimum atomic E-state index is -3.77. The molecular weight excluding hydrogens is 443 g/mol. The summed E-state index contributed by atoms with van der Waals surface area (Å²) in [7, 11) is -0.0350. The zero-order valence-electron chi connectivity index (χ0n) is 16.5. The van der Waals surface area contributed by atoms with Crippen molar-refractivity contribution in [2.24, 2.45) is 0 Å². The molecular formula is C22H22Cl2N2O3S. The first-order valence-electron chi connectivity index (χ1n) is 9.19.